The van der Waals surface area contributed by atoms with E-state index in [-0.39, 0.29) is 0 Å². The van der Waals surface area contributed by atoms with Gasteiger partial charge >= 0.3 is 6.09 Å². The number of carbonyl (C=O) groups is 1. The first-order valence-electron chi connectivity index (χ1n) is 8.89. The average molecular weight is 397 g/mol. The van der Waals surface area contributed by atoms with Gasteiger partial charge in [0.2, 0.25) is 0 Å². The first kappa shape index (κ1) is 20.1. The van der Waals surface area contributed by atoms with Gasteiger partial charge in [0.15, 0.2) is 11.5 Å². The number of hydrogen-bond acceptors (Lipinski definition) is 8. The number of aromatic nitrogens is 3. The lowest BCUT2D eigenvalue weighted by molar-refractivity contribution is 0.0635. The summed E-state index contributed by atoms with van der Waals surface area (Å²) in [5.74, 6) is 2.13. The average Bonchev–Trinajstić information content (AvgIpc) is 2.67. The lowest BCUT2D eigenvalue weighted by Crippen LogP contribution is -2.27. The molecule has 9 heteroatoms. The number of rotatable bonds is 5. The number of nitrogens with one attached hydrogen (secondary N) is 2. The number of nitrogens with zero attached hydrogens (tertiary/aromatic N) is 3. The second kappa shape index (κ2) is 8.17. The number of hydrogen-bond donors (Lipinski definition) is 2. The van der Waals surface area contributed by atoms with Crippen molar-refractivity contribution in [2.45, 2.75) is 26.4 Å². The van der Waals surface area contributed by atoms with Crippen LogP contribution in [0.1, 0.15) is 20.8 Å². The predicted molar refractivity (Wildman–Crippen MR) is 110 cm³/mol. The van der Waals surface area contributed by atoms with Crippen LogP contribution in [0.25, 0.3) is 10.9 Å². The van der Waals surface area contributed by atoms with Crippen molar-refractivity contribution in [3.8, 4) is 11.5 Å². The van der Waals surface area contributed by atoms with E-state index in [1.807, 2.05) is 6.07 Å². The van der Waals surface area contributed by atoms with E-state index in [0.29, 0.717) is 34.3 Å². The van der Waals surface area contributed by atoms with Crippen LogP contribution in [0.5, 0.6) is 11.5 Å². The zero-order valence-electron chi connectivity index (χ0n) is 16.9. The predicted octanol–water partition coefficient (Wildman–Crippen LogP) is 4.13. The molecule has 1 amide bonds. The molecule has 3 aromatic rings. The molecule has 0 aliphatic carbocycles. The first-order chi connectivity index (χ1) is 13.8. The molecule has 29 heavy (non-hydrogen) atoms. The lowest BCUT2D eigenvalue weighted by Gasteiger charge is -2.19. The van der Waals surface area contributed by atoms with E-state index >= 15 is 0 Å². The van der Waals surface area contributed by atoms with Gasteiger partial charge in [0.1, 0.15) is 23.6 Å². The maximum Gasteiger partial charge on any atom is 0.413 e. The molecule has 0 saturated carbocycles. The molecule has 3 rings (SSSR count). The standard InChI is InChI=1S/C20H23N5O4/c1-20(2,3)29-19(26)25-17-7-6-12(10-21-17)24-18-13-8-15(27-4)16(28-5)9-14(13)22-11-23-18/h6-11H,1-5H3,(H,21,25,26)(H,22,23,24). The molecule has 0 saturated heterocycles. The van der Waals surface area contributed by atoms with Crippen LogP contribution in [-0.2, 0) is 4.74 Å². The highest BCUT2D eigenvalue weighted by atomic mass is 16.6. The van der Waals surface area contributed by atoms with Crippen LogP contribution in [-0.4, -0.2) is 40.9 Å². The lowest BCUT2D eigenvalue weighted by atomic mass is 10.2. The zero-order chi connectivity index (χ0) is 21.0. The van der Waals surface area contributed by atoms with Crippen molar-refractivity contribution in [2.75, 3.05) is 24.9 Å². The molecule has 0 atom stereocenters. The van der Waals surface area contributed by atoms with Crippen molar-refractivity contribution in [1.82, 2.24) is 15.0 Å². The Balaban J connectivity index is 1.79. The quantitative estimate of drug-likeness (QED) is 0.662. The van der Waals surface area contributed by atoms with Crippen LogP contribution in [0.3, 0.4) is 0 Å². The van der Waals surface area contributed by atoms with Gasteiger partial charge in [0.25, 0.3) is 0 Å². The SMILES string of the molecule is COc1cc2ncnc(Nc3ccc(NC(=O)OC(C)(C)C)nc3)c2cc1OC. The zero-order valence-corrected chi connectivity index (χ0v) is 16.9. The van der Waals surface area contributed by atoms with Gasteiger partial charge in [0, 0.05) is 11.5 Å². The van der Waals surface area contributed by atoms with Crippen molar-refractivity contribution in [3.63, 3.8) is 0 Å². The Morgan fingerprint density at radius 2 is 1.72 bits per heavy atom. The summed E-state index contributed by atoms with van der Waals surface area (Å²) >= 11 is 0. The smallest absolute Gasteiger partial charge is 0.413 e. The van der Waals surface area contributed by atoms with Crippen LogP contribution in [0.2, 0.25) is 0 Å². The fourth-order valence-electron chi connectivity index (χ4n) is 2.57. The monoisotopic (exact) mass is 397 g/mol. The van der Waals surface area contributed by atoms with Crippen molar-refractivity contribution in [1.29, 1.82) is 0 Å². The van der Waals surface area contributed by atoms with Gasteiger partial charge in [-0.1, -0.05) is 0 Å². The Kier molecular flexibility index (Phi) is 5.67. The van der Waals surface area contributed by atoms with Crippen molar-refractivity contribution in [3.05, 3.63) is 36.8 Å². The highest BCUT2D eigenvalue weighted by Crippen LogP contribution is 2.34. The fraction of sp³-hybridized carbons (Fsp3) is 0.300. The molecular formula is C20H23N5O4. The summed E-state index contributed by atoms with van der Waals surface area (Å²) in [4.78, 5) is 24.6. The first-order valence-corrected chi connectivity index (χ1v) is 8.89. The number of methoxy groups -OCH3 is 2. The second-order valence-electron chi connectivity index (χ2n) is 7.13. The Bertz CT molecular complexity index is 1020. The molecule has 0 fully saturated rings. The van der Waals surface area contributed by atoms with E-state index in [9.17, 15) is 4.79 Å². The third-order valence-corrected chi connectivity index (χ3v) is 3.80. The minimum Gasteiger partial charge on any atom is -0.493 e. The fourth-order valence-corrected chi connectivity index (χ4v) is 2.57. The molecule has 0 aliphatic heterocycles. The minimum atomic E-state index is -0.580. The molecule has 0 aliphatic rings. The molecule has 0 unspecified atom stereocenters. The van der Waals surface area contributed by atoms with Gasteiger partial charge in [-0.3, -0.25) is 5.32 Å². The molecule has 2 aromatic heterocycles. The van der Waals surface area contributed by atoms with Crippen molar-refractivity contribution >= 4 is 34.3 Å². The van der Waals surface area contributed by atoms with Crippen LogP contribution in [0.4, 0.5) is 22.1 Å². The van der Waals surface area contributed by atoms with Crippen LogP contribution < -0.4 is 20.1 Å². The number of amides is 1. The van der Waals surface area contributed by atoms with Crippen LogP contribution >= 0.6 is 0 Å². The Morgan fingerprint density at radius 3 is 2.34 bits per heavy atom. The summed E-state index contributed by atoms with van der Waals surface area (Å²) in [7, 11) is 3.14. The van der Waals surface area contributed by atoms with Gasteiger partial charge in [-0.25, -0.2) is 19.7 Å². The highest BCUT2D eigenvalue weighted by molar-refractivity contribution is 5.93. The van der Waals surface area contributed by atoms with Gasteiger partial charge in [-0.05, 0) is 39.0 Å². The normalized spacial score (nSPS) is 11.1. The maximum absolute atomic E-state index is 11.8. The number of anilines is 3. The summed E-state index contributed by atoms with van der Waals surface area (Å²) < 4.78 is 15.9. The van der Waals surface area contributed by atoms with E-state index < -0.39 is 11.7 Å². The highest BCUT2D eigenvalue weighted by Gasteiger charge is 2.16. The van der Waals surface area contributed by atoms with Gasteiger partial charge in [0.05, 0.1) is 31.6 Å². The van der Waals surface area contributed by atoms with Crippen molar-refractivity contribution in [2.24, 2.45) is 0 Å². The number of fused-ring (bicyclic) bond motifs is 1. The molecule has 152 valence electrons. The van der Waals surface area contributed by atoms with Gasteiger partial charge < -0.3 is 19.5 Å². The van der Waals surface area contributed by atoms with Crippen LogP contribution in [0, 0.1) is 0 Å². The topological polar surface area (TPSA) is 107 Å². The van der Waals surface area contributed by atoms with Gasteiger partial charge in [-0.2, -0.15) is 0 Å². The summed E-state index contributed by atoms with van der Waals surface area (Å²) in [5, 5.41) is 6.56. The summed E-state index contributed by atoms with van der Waals surface area (Å²) in [5.41, 5.74) is 0.814. The number of carbonyl (C=O) groups excluding carboxylic acids is 1. The maximum atomic E-state index is 11.8. The molecule has 9 nitrogen and oxygen atoms in total. The van der Waals surface area contributed by atoms with E-state index in [0.717, 1.165) is 5.39 Å². The second-order valence-corrected chi connectivity index (χ2v) is 7.13. The molecule has 2 heterocycles. The Hall–Kier alpha value is -3.62. The van der Waals surface area contributed by atoms with E-state index in [2.05, 4.69) is 25.6 Å². The third-order valence-electron chi connectivity index (χ3n) is 3.80. The summed E-state index contributed by atoms with van der Waals surface area (Å²) in [6, 6.07) is 7.03. The number of pyridine rings is 1. The third kappa shape index (κ3) is 5.01. The molecule has 2 N–H and O–H groups in total. The molecule has 0 spiro atoms. The molecular weight excluding hydrogens is 374 g/mol. The summed E-state index contributed by atoms with van der Waals surface area (Å²) in [6.07, 6.45) is 2.48. The molecule has 1 aromatic carbocycles. The Labute approximate surface area is 168 Å². The molecule has 0 bridgehead atoms. The Morgan fingerprint density at radius 1 is 1.00 bits per heavy atom. The van der Waals surface area contributed by atoms with Crippen molar-refractivity contribution < 1.29 is 19.0 Å². The number of benzene rings is 1. The molecule has 0 radical (unpaired) electrons. The van der Waals surface area contributed by atoms with E-state index in [1.54, 1.807) is 59.4 Å². The summed E-state index contributed by atoms with van der Waals surface area (Å²) in [6.45, 7) is 5.39. The number of ether oxygens (including phenoxy) is 3. The van der Waals surface area contributed by atoms with E-state index in [1.165, 1.54) is 6.33 Å². The minimum absolute atomic E-state index is 0.378. The van der Waals surface area contributed by atoms with Crippen LogP contribution in [0.15, 0.2) is 36.8 Å². The van der Waals surface area contributed by atoms with Gasteiger partial charge in [-0.15, -0.1) is 0 Å². The van der Waals surface area contributed by atoms with E-state index in [4.69, 9.17) is 14.2 Å². The largest absolute Gasteiger partial charge is 0.493 e.